The van der Waals surface area contributed by atoms with Crippen LogP contribution in [-0.4, -0.2) is 13.4 Å². The highest BCUT2D eigenvalue weighted by molar-refractivity contribution is 7.63. The van der Waals surface area contributed by atoms with Crippen LogP contribution in [0.2, 0.25) is 0 Å². The van der Waals surface area contributed by atoms with E-state index in [-0.39, 0.29) is 10.6 Å². The van der Waals surface area contributed by atoms with Crippen molar-refractivity contribution in [2.45, 2.75) is 26.7 Å². The fourth-order valence-corrected chi connectivity index (χ4v) is 2.92. The first-order valence-corrected chi connectivity index (χ1v) is 7.25. The molecule has 1 heterocycles. The molecule has 1 unspecified atom stereocenters. The van der Waals surface area contributed by atoms with Crippen molar-refractivity contribution in [2.75, 3.05) is 0 Å². The van der Waals surface area contributed by atoms with Crippen LogP contribution in [0.1, 0.15) is 35.1 Å². The Morgan fingerprint density at radius 3 is 2.53 bits per heavy atom. The smallest absolute Gasteiger partial charge is 0.238 e. The molecule has 2 aromatic rings. The Hall–Kier alpha value is -1.81. The third kappa shape index (κ3) is 2.79. The zero-order valence-corrected chi connectivity index (χ0v) is 12.1. The largest absolute Gasteiger partial charge is 0.349 e. The van der Waals surface area contributed by atoms with Crippen LogP contribution in [0, 0.1) is 18.5 Å². The van der Waals surface area contributed by atoms with Gasteiger partial charge in [-0.05, 0) is 36.6 Å². The van der Waals surface area contributed by atoms with Crippen LogP contribution < -0.4 is 0 Å². The fourth-order valence-electron chi connectivity index (χ4n) is 2.31. The minimum atomic E-state index is -2.25. The average molecular weight is 275 g/mol. The molecule has 0 radical (unpaired) electrons. The third-order valence-electron chi connectivity index (χ3n) is 3.38. The quantitative estimate of drug-likeness (QED) is 0.856. The molecule has 0 aliphatic rings. The maximum absolute atomic E-state index is 11.3. The van der Waals surface area contributed by atoms with Crippen molar-refractivity contribution in [1.82, 2.24) is 4.98 Å². The topological polar surface area (TPSA) is 49.9 Å². The van der Waals surface area contributed by atoms with Crippen molar-refractivity contribution in [1.29, 1.82) is 0 Å². The van der Waals surface area contributed by atoms with Gasteiger partial charge in [-0.25, -0.2) is 0 Å². The molecule has 2 rings (SSSR count). The SMILES string of the molecule is Cc1ccc(C)c(C(C)c2ccc[nH]c2=S(=O)=O)c1. The van der Waals surface area contributed by atoms with Crippen molar-refractivity contribution in [3.63, 3.8) is 0 Å². The van der Waals surface area contributed by atoms with Gasteiger partial charge in [0.25, 0.3) is 0 Å². The van der Waals surface area contributed by atoms with Gasteiger partial charge in [-0.2, -0.15) is 8.42 Å². The van der Waals surface area contributed by atoms with E-state index < -0.39 is 10.3 Å². The molecule has 1 aromatic heterocycles. The normalized spacial score (nSPS) is 12.2. The number of H-pyrrole nitrogens is 1. The highest BCUT2D eigenvalue weighted by Gasteiger charge is 2.13. The highest BCUT2D eigenvalue weighted by Crippen LogP contribution is 2.27. The van der Waals surface area contributed by atoms with Gasteiger partial charge in [0.05, 0.1) is 0 Å². The zero-order valence-electron chi connectivity index (χ0n) is 11.3. The molecule has 0 aliphatic carbocycles. The first-order chi connectivity index (χ1) is 9.00. The van der Waals surface area contributed by atoms with Gasteiger partial charge in [-0.15, -0.1) is 0 Å². The molecule has 1 atom stereocenters. The van der Waals surface area contributed by atoms with Gasteiger partial charge in [0, 0.05) is 12.1 Å². The van der Waals surface area contributed by atoms with Gasteiger partial charge in [-0.1, -0.05) is 36.8 Å². The summed E-state index contributed by atoms with van der Waals surface area (Å²) in [7, 11) is -2.25. The van der Waals surface area contributed by atoms with E-state index in [2.05, 4.69) is 23.2 Å². The maximum atomic E-state index is 11.3. The van der Waals surface area contributed by atoms with Gasteiger partial charge in [0.15, 0.2) is 4.64 Å². The number of rotatable bonds is 2. The predicted octanol–water partition coefficient (Wildman–Crippen LogP) is 3.19. The Balaban J connectivity index is 2.67. The minimum absolute atomic E-state index is 0.0326. The van der Waals surface area contributed by atoms with Crippen molar-refractivity contribution >= 4 is 10.3 Å². The summed E-state index contributed by atoms with van der Waals surface area (Å²) in [5, 5.41) is 0. The Kier molecular flexibility index (Phi) is 3.90. The van der Waals surface area contributed by atoms with Gasteiger partial charge in [0.1, 0.15) is 0 Å². The van der Waals surface area contributed by atoms with Crippen LogP contribution in [0.3, 0.4) is 0 Å². The van der Waals surface area contributed by atoms with E-state index in [9.17, 15) is 8.42 Å². The minimum Gasteiger partial charge on any atom is -0.349 e. The zero-order chi connectivity index (χ0) is 14.0. The van der Waals surface area contributed by atoms with Crippen LogP contribution in [0.5, 0.6) is 0 Å². The molecular formula is C15H17NO2S. The number of pyridine rings is 1. The number of aromatic nitrogens is 1. The molecule has 0 amide bonds. The lowest BCUT2D eigenvalue weighted by atomic mass is 9.90. The first-order valence-electron chi connectivity index (χ1n) is 6.17. The lowest BCUT2D eigenvalue weighted by molar-refractivity contribution is 0.623. The molecule has 0 saturated carbocycles. The summed E-state index contributed by atoms with van der Waals surface area (Å²) < 4.78 is 22.8. The molecular weight excluding hydrogens is 258 g/mol. The van der Waals surface area contributed by atoms with Gasteiger partial charge < -0.3 is 4.98 Å². The molecule has 1 aromatic carbocycles. The molecule has 0 saturated heterocycles. The van der Waals surface area contributed by atoms with E-state index in [1.807, 2.05) is 32.9 Å². The summed E-state index contributed by atoms with van der Waals surface area (Å²) in [5.74, 6) is 0.0326. The predicted molar refractivity (Wildman–Crippen MR) is 76.4 cm³/mol. The molecule has 3 nitrogen and oxygen atoms in total. The second-order valence-electron chi connectivity index (χ2n) is 4.77. The van der Waals surface area contributed by atoms with E-state index in [0.29, 0.717) is 0 Å². The molecule has 0 aliphatic heterocycles. The number of benzene rings is 1. The number of hydrogen-bond donors (Lipinski definition) is 1. The van der Waals surface area contributed by atoms with Gasteiger partial charge in [0.2, 0.25) is 10.3 Å². The van der Waals surface area contributed by atoms with Crippen LogP contribution in [0.15, 0.2) is 36.5 Å². The van der Waals surface area contributed by atoms with E-state index >= 15 is 0 Å². The molecule has 19 heavy (non-hydrogen) atoms. The lowest BCUT2D eigenvalue weighted by Gasteiger charge is -2.15. The third-order valence-corrected chi connectivity index (χ3v) is 4.07. The number of aromatic amines is 1. The van der Waals surface area contributed by atoms with Crippen molar-refractivity contribution in [3.8, 4) is 0 Å². The Morgan fingerprint density at radius 2 is 1.84 bits per heavy atom. The summed E-state index contributed by atoms with van der Waals surface area (Å²) in [6, 6.07) is 9.93. The lowest BCUT2D eigenvalue weighted by Crippen LogP contribution is -2.02. The fraction of sp³-hybridized carbons (Fsp3) is 0.267. The van der Waals surface area contributed by atoms with Crippen LogP contribution >= 0.6 is 0 Å². The second-order valence-corrected chi connectivity index (χ2v) is 5.65. The van der Waals surface area contributed by atoms with Crippen molar-refractivity contribution in [2.24, 2.45) is 0 Å². The van der Waals surface area contributed by atoms with E-state index in [0.717, 1.165) is 11.1 Å². The molecule has 4 heteroatoms. The maximum Gasteiger partial charge on any atom is 0.238 e. The Bertz CT molecular complexity index is 765. The summed E-state index contributed by atoms with van der Waals surface area (Å²) in [6.45, 7) is 6.12. The number of nitrogens with one attached hydrogen (secondary N) is 1. The standard InChI is InChI=1S/C15H17NO2S/c1-10-6-7-11(2)14(9-10)12(3)13-5-4-8-16-15(13)19(17)18/h4-9,12,16H,1-3H3. The monoisotopic (exact) mass is 275 g/mol. The molecule has 0 fully saturated rings. The molecule has 100 valence electrons. The Labute approximate surface area is 114 Å². The summed E-state index contributed by atoms with van der Waals surface area (Å²) in [6.07, 6.45) is 1.63. The van der Waals surface area contributed by atoms with Gasteiger partial charge >= 0.3 is 0 Å². The average Bonchev–Trinajstić information content (AvgIpc) is 2.40. The van der Waals surface area contributed by atoms with Crippen LogP contribution in [0.4, 0.5) is 0 Å². The molecule has 0 bridgehead atoms. The number of aryl methyl sites for hydroxylation is 2. The van der Waals surface area contributed by atoms with E-state index in [1.54, 1.807) is 6.20 Å². The summed E-state index contributed by atoms with van der Waals surface area (Å²) in [4.78, 5) is 2.81. The van der Waals surface area contributed by atoms with Crippen LogP contribution in [0.25, 0.3) is 0 Å². The van der Waals surface area contributed by atoms with Crippen LogP contribution in [-0.2, 0) is 10.3 Å². The molecule has 0 spiro atoms. The summed E-state index contributed by atoms with van der Waals surface area (Å²) >= 11 is 0. The van der Waals surface area contributed by atoms with E-state index in [4.69, 9.17) is 0 Å². The first kappa shape index (κ1) is 13.6. The van der Waals surface area contributed by atoms with E-state index in [1.165, 1.54) is 11.1 Å². The second kappa shape index (κ2) is 5.45. The van der Waals surface area contributed by atoms with Gasteiger partial charge in [-0.3, -0.25) is 0 Å². The Morgan fingerprint density at radius 1 is 1.11 bits per heavy atom. The highest BCUT2D eigenvalue weighted by atomic mass is 32.2. The molecule has 1 N–H and O–H groups in total. The van der Waals surface area contributed by atoms with Crippen molar-refractivity contribution < 1.29 is 8.42 Å². The number of hydrogen-bond acceptors (Lipinski definition) is 2. The summed E-state index contributed by atoms with van der Waals surface area (Å²) in [5.41, 5.74) is 4.30. The van der Waals surface area contributed by atoms with Crippen molar-refractivity contribution in [3.05, 3.63) is 63.4 Å².